The zero-order valence-electron chi connectivity index (χ0n) is 11.1. The summed E-state index contributed by atoms with van der Waals surface area (Å²) in [5, 5.41) is 9.03. The standard InChI is InChI=1S/C14H20ClNO3/c1-11-10-12(15)7-8-13(11)19-9-5-3-2-4-6-14(17)16-18/h7-8,10,18H,2-6,9H2,1H3,(H,16,17). The quantitative estimate of drug-likeness (QED) is 0.437. The van der Waals surface area contributed by atoms with Crippen LogP contribution >= 0.6 is 11.6 Å². The predicted molar refractivity (Wildman–Crippen MR) is 74.7 cm³/mol. The summed E-state index contributed by atoms with van der Waals surface area (Å²) in [6.07, 6.45) is 4.06. The Balaban J connectivity index is 2.09. The molecule has 0 unspecified atom stereocenters. The molecule has 1 aromatic carbocycles. The maximum Gasteiger partial charge on any atom is 0.243 e. The van der Waals surface area contributed by atoms with E-state index in [0.717, 1.165) is 37.0 Å². The highest BCUT2D eigenvalue weighted by atomic mass is 35.5. The first-order valence-electron chi connectivity index (χ1n) is 6.45. The number of halogens is 1. The van der Waals surface area contributed by atoms with E-state index < -0.39 is 0 Å². The average Bonchev–Trinajstić information content (AvgIpc) is 2.39. The lowest BCUT2D eigenvalue weighted by molar-refractivity contribution is -0.129. The SMILES string of the molecule is Cc1cc(Cl)ccc1OCCCCCCC(=O)NO. The van der Waals surface area contributed by atoms with Gasteiger partial charge in [0.25, 0.3) is 0 Å². The third kappa shape index (κ3) is 6.45. The van der Waals surface area contributed by atoms with Crippen LogP contribution in [0.2, 0.25) is 5.02 Å². The van der Waals surface area contributed by atoms with Gasteiger partial charge in [0.05, 0.1) is 6.61 Å². The summed E-state index contributed by atoms with van der Waals surface area (Å²) in [7, 11) is 0. The van der Waals surface area contributed by atoms with Crippen LogP contribution in [-0.4, -0.2) is 17.7 Å². The summed E-state index contributed by atoms with van der Waals surface area (Å²) in [6, 6.07) is 5.57. The van der Waals surface area contributed by atoms with Gasteiger partial charge in [-0.25, -0.2) is 5.48 Å². The van der Waals surface area contributed by atoms with Crippen LogP contribution < -0.4 is 10.2 Å². The number of benzene rings is 1. The maximum atomic E-state index is 10.8. The zero-order valence-corrected chi connectivity index (χ0v) is 11.9. The van der Waals surface area contributed by atoms with Crippen LogP contribution in [0, 0.1) is 6.92 Å². The Bertz CT molecular complexity index is 410. The highest BCUT2D eigenvalue weighted by molar-refractivity contribution is 6.30. The second kappa shape index (κ2) is 8.77. The molecule has 1 rings (SSSR count). The number of unbranched alkanes of at least 4 members (excludes halogenated alkanes) is 3. The van der Waals surface area contributed by atoms with Crippen molar-refractivity contribution < 1.29 is 14.7 Å². The lowest BCUT2D eigenvalue weighted by Crippen LogP contribution is -2.17. The highest BCUT2D eigenvalue weighted by Gasteiger charge is 2.01. The van der Waals surface area contributed by atoms with Crippen LogP contribution in [0.4, 0.5) is 0 Å². The van der Waals surface area contributed by atoms with Gasteiger partial charge in [-0.3, -0.25) is 10.0 Å². The Morgan fingerprint density at radius 1 is 1.32 bits per heavy atom. The number of hydrogen-bond acceptors (Lipinski definition) is 3. The Hall–Kier alpha value is -1.26. The van der Waals surface area contributed by atoms with Crippen molar-refractivity contribution >= 4 is 17.5 Å². The number of carbonyl (C=O) groups is 1. The highest BCUT2D eigenvalue weighted by Crippen LogP contribution is 2.22. The van der Waals surface area contributed by atoms with E-state index in [9.17, 15) is 4.79 Å². The summed E-state index contributed by atoms with van der Waals surface area (Å²) >= 11 is 5.87. The van der Waals surface area contributed by atoms with Gasteiger partial charge < -0.3 is 4.74 Å². The van der Waals surface area contributed by atoms with E-state index >= 15 is 0 Å². The normalized spacial score (nSPS) is 10.3. The minimum atomic E-state index is -0.326. The molecule has 0 radical (unpaired) electrons. The van der Waals surface area contributed by atoms with Crippen molar-refractivity contribution in [1.82, 2.24) is 5.48 Å². The Labute approximate surface area is 118 Å². The molecule has 1 amide bonds. The molecule has 0 aliphatic heterocycles. The molecule has 0 aromatic heterocycles. The number of hydroxylamine groups is 1. The Morgan fingerprint density at radius 3 is 2.74 bits per heavy atom. The summed E-state index contributed by atoms with van der Waals surface area (Å²) in [6.45, 7) is 2.63. The first kappa shape index (κ1) is 15.8. The van der Waals surface area contributed by atoms with Crippen LogP contribution in [0.15, 0.2) is 18.2 Å². The van der Waals surface area contributed by atoms with Crippen LogP contribution in [0.3, 0.4) is 0 Å². The molecule has 0 spiro atoms. The summed E-state index contributed by atoms with van der Waals surface area (Å²) < 4.78 is 5.66. The molecule has 106 valence electrons. The molecule has 0 heterocycles. The number of carbonyl (C=O) groups excluding carboxylic acids is 1. The van der Waals surface area contributed by atoms with E-state index in [1.807, 2.05) is 25.1 Å². The fourth-order valence-corrected chi connectivity index (χ4v) is 1.98. The van der Waals surface area contributed by atoms with Crippen molar-refractivity contribution in [2.75, 3.05) is 6.61 Å². The van der Waals surface area contributed by atoms with Gasteiger partial charge in [0, 0.05) is 11.4 Å². The Morgan fingerprint density at radius 2 is 2.05 bits per heavy atom. The minimum absolute atomic E-state index is 0.326. The van der Waals surface area contributed by atoms with E-state index in [0.29, 0.717) is 18.1 Å². The second-order valence-electron chi connectivity index (χ2n) is 4.46. The number of nitrogens with one attached hydrogen (secondary N) is 1. The predicted octanol–water partition coefficient (Wildman–Crippen LogP) is 3.48. The molecule has 0 atom stereocenters. The number of amides is 1. The van der Waals surface area contributed by atoms with Gasteiger partial charge in [-0.05, 0) is 43.5 Å². The number of hydrogen-bond donors (Lipinski definition) is 2. The van der Waals surface area contributed by atoms with Crippen molar-refractivity contribution in [1.29, 1.82) is 0 Å². The molecule has 0 aliphatic carbocycles. The van der Waals surface area contributed by atoms with E-state index in [4.69, 9.17) is 21.5 Å². The fourth-order valence-electron chi connectivity index (χ4n) is 1.75. The number of ether oxygens (including phenoxy) is 1. The molecule has 0 aliphatic rings. The molecule has 5 heteroatoms. The fraction of sp³-hybridized carbons (Fsp3) is 0.500. The monoisotopic (exact) mass is 285 g/mol. The van der Waals surface area contributed by atoms with Gasteiger partial charge in [0.15, 0.2) is 0 Å². The van der Waals surface area contributed by atoms with E-state index in [2.05, 4.69) is 0 Å². The molecule has 1 aromatic rings. The van der Waals surface area contributed by atoms with E-state index in [-0.39, 0.29) is 5.91 Å². The van der Waals surface area contributed by atoms with Crippen LogP contribution in [0.5, 0.6) is 5.75 Å². The van der Waals surface area contributed by atoms with Crippen molar-refractivity contribution in [3.8, 4) is 5.75 Å². The molecule has 19 heavy (non-hydrogen) atoms. The molecule has 4 nitrogen and oxygen atoms in total. The largest absolute Gasteiger partial charge is 0.493 e. The van der Waals surface area contributed by atoms with Crippen LogP contribution in [0.25, 0.3) is 0 Å². The minimum Gasteiger partial charge on any atom is -0.493 e. The van der Waals surface area contributed by atoms with Gasteiger partial charge in [-0.15, -0.1) is 0 Å². The molecule has 2 N–H and O–H groups in total. The molecule has 0 saturated carbocycles. The third-order valence-electron chi connectivity index (χ3n) is 2.82. The smallest absolute Gasteiger partial charge is 0.243 e. The van der Waals surface area contributed by atoms with Crippen molar-refractivity contribution in [2.45, 2.75) is 39.0 Å². The Kier molecular flexibility index (Phi) is 7.30. The van der Waals surface area contributed by atoms with Gasteiger partial charge in [-0.2, -0.15) is 0 Å². The summed E-state index contributed by atoms with van der Waals surface area (Å²) in [5.74, 6) is 0.539. The number of aryl methyl sites for hydroxylation is 1. The van der Waals surface area contributed by atoms with Crippen LogP contribution in [-0.2, 0) is 4.79 Å². The van der Waals surface area contributed by atoms with Crippen molar-refractivity contribution in [2.24, 2.45) is 0 Å². The third-order valence-corrected chi connectivity index (χ3v) is 3.05. The van der Waals surface area contributed by atoms with Gasteiger partial charge in [-0.1, -0.05) is 24.4 Å². The molecular formula is C14H20ClNO3. The lowest BCUT2D eigenvalue weighted by Gasteiger charge is -2.09. The maximum absolute atomic E-state index is 10.8. The molecule has 0 bridgehead atoms. The topological polar surface area (TPSA) is 58.6 Å². The average molecular weight is 286 g/mol. The first-order chi connectivity index (χ1) is 9.13. The molecular weight excluding hydrogens is 266 g/mol. The van der Waals surface area contributed by atoms with Crippen molar-refractivity contribution in [3.63, 3.8) is 0 Å². The van der Waals surface area contributed by atoms with Crippen molar-refractivity contribution in [3.05, 3.63) is 28.8 Å². The van der Waals surface area contributed by atoms with Gasteiger partial charge in [0.2, 0.25) is 5.91 Å². The van der Waals surface area contributed by atoms with Gasteiger partial charge >= 0.3 is 0 Å². The zero-order chi connectivity index (χ0) is 14.1. The summed E-state index contributed by atoms with van der Waals surface area (Å²) in [4.78, 5) is 10.8. The van der Waals surface area contributed by atoms with E-state index in [1.54, 1.807) is 5.48 Å². The summed E-state index contributed by atoms with van der Waals surface area (Å²) in [5.41, 5.74) is 2.66. The first-order valence-corrected chi connectivity index (χ1v) is 6.83. The van der Waals surface area contributed by atoms with Crippen LogP contribution in [0.1, 0.15) is 37.7 Å². The van der Waals surface area contributed by atoms with E-state index in [1.165, 1.54) is 0 Å². The lowest BCUT2D eigenvalue weighted by atomic mass is 10.1. The molecule has 0 fully saturated rings. The number of rotatable bonds is 8. The molecule has 0 saturated heterocycles. The van der Waals surface area contributed by atoms with Gasteiger partial charge in [0.1, 0.15) is 5.75 Å². The second-order valence-corrected chi connectivity index (χ2v) is 4.89.